The molecule has 1 aromatic heterocycles. The molecule has 2 fully saturated rings. The molecule has 1 unspecified atom stereocenters. The fourth-order valence-electron chi connectivity index (χ4n) is 2.83. The van der Waals surface area contributed by atoms with Crippen molar-refractivity contribution in [1.82, 2.24) is 15.2 Å². The smallest absolute Gasteiger partial charge is 0.239 e. The first kappa shape index (κ1) is 16.3. The van der Waals surface area contributed by atoms with Crippen molar-refractivity contribution < 1.29 is 4.79 Å². The normalized spacial score (nSPS) is 22.0. The number of rotatable bonds is 2. The Bertz CT molecular complexity index is 468. The van der Waals surface area contributed by atoms with Crippen LogP contribution in [-0.2, 0) is 4.79 Å². The Morgan fingerprint density at radius 2 is 2.05 bits per heavy atom. The van der Waals surface area contributed by atoms with Crippen LogP contribution in [0.4, 0.5) is 5.82 Å². The Balaban J connectivity index is 0.00000161. The number of amides is 1. The number of nitrogens with one attached hydrogen (secondary N) is 1. The number of hydrogen-bond donors (Lipinski definition) is 1. The number of piperazine rings is 1. The molecular formula is C14H20Cl2N4O. The Morgan fingerprint density at radius 3 is 2.62 bits per heavy atom. The molecule has 2 saturated heterocycles. The molecule has 1 N–H and O–H groups in total. The van der Waals surface area contributed by atoms with Crippen LogP contribution >= 0.6 is 24.0 Å². The van der Waals surface area contributed by atoms with Gasteiger partial charge in [-0.2, -0.15) is 0 Å². The fraction of sp³-hybridized carbons (Fsp3) is 0.571. The second kappa shape index (κ2) is 7.29. The first-order valence-electron chi connectivity index (χ1n) is 7.13. The minimum atomic E-state index is 0. The van der Waals surface area contributed by atoms with Gasteiger partial charge in [0.2, 0.25) is 5.91 Å². The third-order valence-corrected chi connectivity index (χ3v) is 4.21. The second-order valence-corrected chi connectivity index (χ2v) is 5.73. The number of aromatic nitrogens is 1. The average molecular weight is 331 g/mol. The van der Waals surface area contributed by atoms with Crippen molar-refractivity contribution >= 4 is 35.7 Å². The van der Waals surface area contributed by atoms with E-state index in [0.29, 0.717) is 5.02 Å². The van der Waals surface area contributed by atoms with E-state index in [4.69, 9.17) is 11.6 Å². The third-order valence-electron chi connectivity index (χ3n) is 3.99. The first-order valence-corrected chi connectivity index (χ1v) is 7.50. The number of hydrogen-bond acceptors (Lipinski definition) is 4. The Kier molecular flexibility index (Phi) is 5.67. The molecule has 3 heterocycles. The molecule has 21 heavy (non-hydrogen) atoms. The molecule has 0 bridgehead atoms. The van der Waals surface area contributed by atoms with Crippen LogP contribution in [0.2, 0.25) is 5.02 Å². The monoisotopic (exact) mass is 330 g/mol. The highest BCUT2D eigenvalue weighted by molar-refractivity contribution is 6.30. The van der Waals surface area contributed by atoms with Crippen LogP contribution in [0.1, 0.15) is 12.8 Å². The van der Waals surface area contributed by atoms with E-state index in [-0.39, 0.29) is 24.4 Å². The second-order valence-electron chi connectivity index (χ2n) is 5.30. The summed E-state index contributed by atoms with van der Waals surface area (Å²) in [7, 11) is 0. The maximum atomic E-state index is 12.3. The summed E-state index contributed by atoms with van der Waals surface area (Å²) in [5.41, 5.74) is 0. The molecule has 1 atom stereocenters. The van der Waals surface area contributed by atoms with Crippen LogP contribution in [0.3, 0.4) is 0 Å². The van der Waals surface area contributed by atoms with E-state index in [1.165, 1.54) is 0 Å². The Labute approximate surface area is 136 Å². The van der Waals surface area contributed by atoms with Crippen molar-refractivity contribution in [3.8, 4) is 0 Å². The van der Waals surface area contributed by atoms with Crippen molar-refractivity contribution in [3.05, 3.63) is 23.4 Å². The number of carbonyl (C=O) groups excluding carboxylic acids is 1. The van der Waals surface area contributed by atoms with Gasteiger partial charge in [0.05, 0.1) is 11.1 Å². The summed E-state index contributed by atoms with van der Waals surface area (Å²) < 4.78 is 0. The highest BCUT2D eigenvalue weighted by Gasteiger charge is 2.29. The van der Waals surface area contributed by atoms with Crippen molar-refractivity contribution in [2.24, 2.45) is 0 Å². The zero-order valence-corrected chi connectivity index (χ0v) is 13.4. The van der Waals surface area contributed by atoms with Gasteiger partial charge in [-0.25, -0.2) is 4.98 Å². The summed E-state index contributed by atoms with van der Waals surface area (Å²) in [6.45, 7) is 4.15. The minimum absolute atomic E-state index is 0. The van der Waals surface area contributed by atoms with Crippen molar-refractivity contribution in [2.45, 2.75) is 18.9 Å². The molecule has 2 aliphatic heterocycles. The number of anilines is 1. The zero-order valence-electron chi connectivity index (χ0n) is 11.8. The quantitative estimate of drug-likeness (QED) is 0.894. The molecule has 0 saturated carbocycles. The number of pyridine rings is 1. The van der Waals surface area contributed by atoms with Gasteiger partial charge in [-0.1, -0.05) is 11.6 Å². The summed E-state index contributed by atoms with van der Waals surface area (Å²) in [5, 5.41) is 3.92. The Morgan fingerprint density at radius 1 is 1.29 bits per heavy atom. The molecule has 0 aromatic carbocycles. The van der Waals surface area contributed by atoms with Crippen molar-refractivity contribution in [3.63, 3.8) is 0 Å². The number of carbonyl (C=O) groups is 1. The molecule has 1 aromatic rings. The maximum Gasteiger partial charge on any atom is 0.239 e. The van der Waals surface area contributed by atoms with Gasteiger partial charge in [0.1, 0.15) is 5.82 Å². The summed E-state index contributed by atoms with van der Waals surface area (Å²) in [6.07, 6.45) is 3.74. The van der Waals surface area contributed by atoms with Gasteiger partial charge in [0, 0.05) is 32.4 Å². The number of halogens is 2. The summed E-state index contributed by atoms with van der Waals surface area (Å²) in [4.78, 5) is 20.8. The molecule has 3 rings (SSSR count). The van der Waals surface area contributed by atoms with E-state index in [0.717, 1.165) is 51.4 Å². The lowest BCUT2D eigenvalue weighted by atomic mass is 10.2. The fourth-order valence-corrected chi connectivity index (χ4v) is 2.94. The predicted molar refractivity (Wildman–Crippen MR) is 86.3 cm³/mol. The maximum absolute atomic E-state index is 12.3. The lowest BCUT2D eigenvalue weighted by Gasteiger charge is -2.36. The van der Waals surface area contributed by atoms with E-state index >= 15 is 0 Å². The topological polar surface area (TPSA) is 48.5 Å². The van der Waals surface area contributed by atoms with Crippen molar-refractivity contribution in [2.75, 3.05) is 37.6 Å². The lowest BCUT2D eigenvalue weighted by Crippen LogP contribution is -2.53. The van der Waals surface area contributed by atoms with Gasteiger partial charge >= 0.3 is 0 Å². The van der Waals surface area contributed by atoms with E-state index in [9.17, 15) is 4.79 Å². The minimum Gasteiger partial charge on any atom is -0.353 e. The third kappa shape index (κ3) is 3.78. The summed E-state index contributed by atoms with van der Waals surface area (Å²) in [6, 6.07) is 3.82. The van der Waals surface area contributed by atoms with Crippen molar-refractivity contribution in [1.29, 1.82) is 0 Å². The van der Waals surface area contributed by atoms with Crippen LogP contribution in [0, 0.1) is 0 Å². The van der Waals surface area contributed by atoms with Crippen LogP contribution in [-0.4, -0.2) is 54.6 Å². The van der Waals surface area contributed by atoms with E-state index in [2.05, 4.69) is 15.2 Å². The lowest BCUT2D eigenvalue weighted by molar-refractivity contribution is -0.133. The first-order chi connectivity index (χ1) is 9.74. The largest absolute Gasteiger partial charge is 0.353 e. The summed E-state index contributed by atoms with van der Waals surface area (Å²) >= 11 is 5.85. The highest BCUT2D eigenvalue weighted by Crippen LogP contribution is 2.17. The van der Waals surface area contributed by atoms with Gasteiger partial charge < -0.3 is 15.1 Å². The van der Waals surface area contributed by atoms with E-state index in [1.807, 2.05) is 17.0 Å². The molecular weight excluding hydrogens is 311 g/mol. The van der Waals surface area contributed by atoms with E-state index in [1.54, 1.807) is 6.20 Å². The molecule has 0 radical (unpaired) electrons. The van der Waals surface area contributed by atoms with Crippen LogP contribution in [0.15, 0.2) is 18.3 Å². The molecule has 2 aliphatic rings. The molecule has 1 amide bonds. The predicted octanol–water partition coefficient (Wildman–Crippen LogP) is 1.56. The highest BCUT2D eigenvalue weighted by atomic mass is 35.5. The number of nitrogens with zero attached hydrogens (tertiary/aromatic N) is 3. The molecule has 5 nitrogen and oxygen atoms in total. The van der Waals surface area contributed by atoms with Gasteiger partial charge in [0.25, 0.3) is 0 Å². The standard InChI is InChI=1S/C14H19ClN4O.ClH/c15-11-3-4-13(17-10-11)18-6-8-19(9-7-18)14(20)12-2-1-5-16-12;/h3-4,10,12,16H,1-2,5-9H2;1H. The van der Waals surface area contributed by atoms with Gasteiger partial charge in [-0.3, -0.25) is 4.79 Å². The molecule has 7 heteroatoms. The zero-order chi connectivity index (χ0) is 13.9. The van der Waals surface area contributed by atoms with Crippen LogP contribution < -0.4 is 10.2 Å². The SMILES string of the molecule is Cl.O=C(C1CCCN1)N1CCN(c2ccc(Cl)cn2)CC1. The molecule has 0 spiro atoms. The van der Waals surface area contributed by atoms with Gasteiger partial charge in [0.15, 0.2) is 0 Å². The summed E-state index contributed by atoms with van der Waals surface area (Å²) in [5.74, 6) is 1.19. The Hall–Kier alpha value is -1.04. The van der Waals surface area contributed by atoms with Crippen LogP contribution in [0.25, 0.3) is 0 Å². The van der Waals surface area contributed by atoms with Gasteiger partial charge in [-0.15, -0.1) is 12.4 Å². The molecule has 0 aliphatic carbocycles. The van der Waals surface area contributed by atoms with Gasteiger partial charge in [-0.05, 0) is 31.5 Å². The van der Waals surface area contributed by atoms with E-state index < -0.39 is 0 Å². The van der Waals surface area contributed by atoms with Crippen LogP contribution in [0.5, 0.6) is 0 Å². The molecule has 116 valence electrons. The average Bonchev–Trinajstić information content (AvgIpc) is 3.02.